The summed E-state index contributed by atoms with van der Waals surface area (Å²) < 4.78 is 0. The summed E-state index contributed by atoms with van der Waals surface area (Å²) in [4.78, 5) is 6.68. The Labute approximate surface area is 109 Å². The van der Waals surface area contributed by atoms with E-state index in [4.69, 9.17) is 0 Å². The molecule has 100 valence electrons. The molecule has 0 spiro atoms. The molecular weight excluding hydrogens is 226 g/mol. The van der Waals surface area contributed by atoms with Crippen LogP contribution in [-0.2, 0) is 6.54 Å². The van der Waals surface area contributed by atoms with Crippen molar-refractivity contribution in [2.45, 2.75) is 32.4 Å². The van der Waals surface area contributed by atoms with E-state index in [1.54, 1.807) is 0 Å². The fourth-order valence-electron chi connectivity index (χ4n) is 2.47. The topological polar surface area (TPSA) is 48.4 Å². The van der Waals surface area contributed by atoms with Gasteiger partial charge in [-0.25, -0.2) is 4.98 Å². The molecule has 1 aromatic heterocycles. The van der Waals surface area contributed by atoms with Crippen molar-refractivity contribution in [2.24, 2.45) is 5.92 Å². The maximum absolute atomic E-state index is 9.27. The highest BCUT2D eigenvalue weighted by Gasteiger charge is 2.27. The molecule has 0 bridgehead atoms. The summed E-state index contributed by atoms with van der Waals surface area (Å²) >= 11 is 0. The number of nitrogens with one attached hydrogen (secondary N) is 1. The van der Waals surface area contributed by atoms with Gasteiger partial charge in [-0.1, -0.05) is 6.07 Å². The molecular formula is C14H23N3O. The van der Waals surface area contributed by atoms with Crippen LogP contribution in [0.1, 0.15) is 25.3 Å². The highest BCUT2D eigenvalue weighted by molar-refractivity contribution is 5.35. The van der Waals surface area contributed by atoms with Crippen molar-refractivity contribution in [1.82, 2.24) is 9.88 Å². The van der Waals surface area contributed by atoms with Gasteiger partial charge in [-0.15, -0.1) is 0 Å². The van der Waals surface area contributed by atoms with Gasteiger partial charge in [0.1, 0.15) is 5.82 Å². The summed E-state index contributed by atoms with van der Waals surface area (Å²) in [5.41, 5.74) is 1.24. The molecule has 1 aliphatic rings. The lowest BCUT2D eigenvalue weighted by Gasteiger charge is -2.34. The van der Waals surface area contributed by atoms with E-state index in [2.05, 4.69) is 35.2 Å². The van der Waals surface area contributed by atoms with E-state index in [9.17, 15) is 5.11 Å². The van der Waals surface area contributed by atoms with Crippen molar-refractivity contribution in [1.29, 1.82) is 0 Å². The summed E-state index contributed by atoms with van der Waals surface area (Å²) in [6, 6.07) is 4.15. The third-order valence-corrected chi connectivity index (χ3v) is 3.42. The van der Waals surface area contributed by atoms with Gasteiger partial charge >= 0.3 is 0 Å². The molecule has 1 aromatic rings. The van der Waals surface area contributed by atoms with E-state index >= 15 is 0 Å². The van der Waals surface area contributed by atoms with Gasteiger partial charge in [0, 0.05) is 25.8 Å². The van der Waals surface area contributed by atoms with Crippen LogP contribution in [0.2, 0.25) is 0 Å². The lowest BCUT2D eigenvalue weighted by molar-refractivity contribution is 0.0274. The Morgan fingerprint density at radius 2 is 2.22 bits per heavy atom. The molecule has 0 radical (unpaired) electrons. The Hall–Kier alpha value is -1.13. The largest absolute Gasteiger partial charge is 0.393 e. The lowest BCUT2D eigenvalue weighted by atomic mass is 9.82. The zero-order valence-electron chi connectivity index (χ0n) is 11.3. The van der Waals surface area contributed by atoms with Crippen molar-refractivity contribution < 1.29 is 5.11 Å². The molecule has 0 saturated heterocycles. The molecule has 0 atom stereocenters. The van der Waals surface area contributed by atoms with E-state index in [1.807, 2.05) is 12.3 Å². The maximum Gasteiger partial charge on any atom is 0.125 e. The summed E-state index contributed by atoms with van der Waals surface area (Å²) in [5, 5.41) is 12.5. The molecule has 0 amide bonds. The Morgan fingerprint density at radius 1 is 1.44 bits per heavy atom. The van der Waals surface area contributed by atoms with Crippen LogP contribution in [-0.4, -0.2) is 41.2 Å². The monoisotopic (exact) mass is 249 g/mol. The third-order valence-electron chi connectivity index (χ3n) is 3.42. The average Bonchev–Trinajstić information content (AvgIpc) is 2.30. The van der Waals surface area contributed by atoms with Crippen LogP contribution >= 0.6 is 0 Å². The lowest BCUT2D eigenvalue weighted by Crippen LogP contribution is -2.36. The second-order valence-corrected chi connectivity index (χ2v) is 5.27. The van der Waals surface area contributed by atoms with Crippen LogP contribution < -0.4 is 5.32 Å². The van der Waals surface area contributed by atoms with Gasteiger partial charge in [-0.3, -0.25) is 0 Å². The number of aromatic nitrogens is 1. The van der Waals surface area contributed by atoms with Crippen molar-refractivity contribution in [3.63, 3.8) is 0 Å². The number of pyridine rings is 1. The smallest absolute Gasteiger partial charge is 0.125 e. The van der Waals surface area contributed by atoms with Crippen LogP contribution in [0.5, 0.6) is 0 Å². The minimum Gasteiger partial charge on any atom is -0.393 e. The van der Waals surface area contributed by atoms with Crippen molar-refractivity contribution >= 4 is 5.82 Å². The van der Waals surface area contributed by atoms with Crippen LogP contribution in [0, 0.1) is 5.92 Å². The normalized spacial score (nSPS) is 22.9. The molecule has 4 heteroatoms. The Balaban J connectivity index is 1.77. The predicted molar refractivity (Wildman–Crippen MR) is 73.5 cm³/mol. The first-order chi connectivity index (χ1) is 8.67. The molecule has 18 heavy (non-hydrogen) atoms. The number of anilines is 1. The van der Waals surface area contributed by atoms with Crippen LogP contribution in [0.25, 0.3) is 0 Å². The van der Waals surface area contributed by atoms with Gasteiger partial charge in [0.05, 0.1) is 6.10 Å². The minimum absolute atomic E-state index is 0.0514. The van der Waals surface area contributed by atoms with Crippen LogP contribution in [0.15, 0.2) is 18.3 Å². The van der Waals surface area contributed by atoms with Crippen molar-refractivity contribution in [2.75, 3.05) is 25.5 Å². The zero-order chi connectivity index (χ0) is 13.0. The van der Waals surface area contributed by atoms with Gasteiger partial charge in [0.25, 0.3) is 0 Å². The third kappa shape index (κ3) is 3.68. The molecule has 0 unspecified atom stereocenters. The number of aliphatic hydroxyl groups excluding tert-OH is 1. The Bertz CT molecular complexity index is 360. The van der Waals surface area contributed by atoms with E-state index in [0.29, 0.717) is 5.92 Å². The van der Waals surface area contributed by atoms with E-state index < -0.39 is 0 Å². The summed E-state index contributed by atoms with van der Waals surface area (Å²) in [5.74, 6) is 1.60. The van der Waals surface area contributed by atoms with Gasteiger partial charge in [0.2, 0.25) is 0 Å². The van der Waals surface area contributed by atoms with Gasteiger partial charge < -0.3 is 15.3 Å². The first kappa shape index (κ1) is 13.3. The van der Waals surface area contributed by atoms with E-state index in [0.717, 1.165) is 38.3 Å². The van der Waals surface area contributed by atoms with Gasteiger partial charge in [-0.2, -0.15) is 0 Å². The summed E-state index contributed by atoms with van der Waals surface area (Å²) in [6.07, 6.45) is 3.80. The number of hydrogen-bond acceptors (Lipinski definition) is 4. The first-order valence-corrected chi connectivity index (χ1v) is 6.72. The molecule has 0 aromatic carbocycles. The number of rotatable bonds is 6. The molecule has 2 rings (SSSR count). The van der Waals surface area contributed by atoms with Crippen molar-refractivity contribution in [3.8, 4) is 0 Å². The second-order valence-electron chi connectivity index (χ2n) is 5.27. The molecule has 2 N–H and O–H groups in total. The van der Waals surface area contributed by atoms with E-state index in [-0.39, 0.29) is 6.10 Å². The van der Waals surface area contributed by atoms with Gasteiger partial charge in [-0.05, 0) is 44.4 Å². The SMILES string of the molecule is CCNc1ccc(CN(C)CC2CC(O)C2)cn1. The summed E-state index contributed by atoms with van der Waals surface area (Å²) in [6.45, 7) is 4.95. The fraction of sp³-hybridized carbons (Fsp3) is 0.643. The maximum atomic E-state index is 9.27. The molecule has 1 fully saturated rings. The Kier molecular flexibility index (Phi) is 4.55. The van der Waals surface area contributed by atoms with Crippen LogP contribution in [0.3, 0.4) is 0 Å². The molecule has 1 heterocycles. The summed E-state index contributed by atoms with van der Waals surface area (Å²) in [7, 11) is 2.13. The predicted octanol–water partition coefficient (Wildman–Crippen LogP) is 1.72. The first-order valence-electron chi connectivity index (χ1n) is 6.72. The zero-order valence-corrected chi connectivity index (χ0v) is 11.3. The van der Waals surface area contributed by atoms with Gasteiger partial charge in [0.15, 0.2) is 0 Å². The standard InChI is InChI=1S/C14H23N3O/c1-3-15-14-5-4-11(8-16-14)9-17(2)10-12-6-13(18)7-12/h4-5,8,12-13,18H,3,6-7,9-10H2,1-2H3,(H,15,16). The number of nitrogens with zero attached hydrogens (tertiary/aromatic N) is 2. The molecule has 0 aliphatic heterocycles. The second kappa shape index (κ2) is 6.16. The average molecular weight is 249 g/mol. The Morgan fingerprint density at radius 3 is 2.78 bits per heavy atom. The highest BCUT2D eigenvalue weighted by Crippen LogP contribution is 2.27. The van der Waals surface area contributed by atoms with E-state index in [1.165, 1.54) is 5.56 Å². The quantitative estimate of drug-likeness (QED) is 0.806. The molecule has 4 nitrogen and oxygen atoms in total. The number of hydrogen-bond donors (Lipinski definition) is 2. The minimum atomic E-state index is -0.0514. The fourth-order valence-corrected chi connectivity index (χ4v) is 2.47. The number of aliphatic hydroxyl groups is 1. The van der Waals surface area contributed by atoms with Crippen molar-refractivity contribution in [3.05, 3.63) is 23.9 Å². The van der Waals surface area contributed by atoms with Crippen LogP contribution in [0.4, 0.5) is 5.82 Å². The highest BCUT2D eigenvalue weighted by atomic mass is 16.3. The molecule has 1 saturated carbocycles. The molecule has 1 aliphatic carbocycles.